The number of hydrogen-bond donors (Lipinski definition) is 1. The van der Waals surface area contributed by atoms with E-state index < -0.39 is 31.1 Å². The summed E-state index contributed by atoms with van der Waals surface area (Å²) in [5.41, 5.74) is 0.474. The molecule has 1 unspecified atom stereocenters. The maximum atomic E-state index is 13.3. The van der Waals surface area contributed by atoms with Gasteiger partial charge in [0.05, 0.1) is 50.3 Å². The minimum atomic E-state index is -2.02. The molecule has 0 aromatic carbocycles. The Hall–Kier alpha value is -1.04. The summed E-state index contributed by atoms with van der Waals surface area (Å²) in [6.45, 7) is 24.4. The highest BCUT2D eigenvalue weighted by molar-refractivity contribution is 6.70. The molecule has 0 spiro atoms. The largest absolute Gasteiger partial charge is 0.467 e. The predicted molar refractivity (Wildman–Crippen MR) is 174 cm³/mol. The number of Topliss-reactive ketones (excluding diaryl/α,β-unsaturated/α-hetero) is 1. The van der Waals surface area contributed by atoms with Crippen molar-refractivity contribution in [2.45, 2.75) is 135 Å². The molecule has 3 rings (SSSR count). The fraction of sp³-hybridized carbons (Fsp3) is 0.833. The molecule has 3 heterocycles. The van der Waals surface area contributed by atoms with E-state index in [0.29, 0.717) is 18.6 Å². The monoisotopic (exact) mass is 656 g/mol. The van der Waals surface area contributed by atoms with E-state index in [4.69, 9.17) is 27.5 Å². The zero-order chi connectivity index (χ0) is 32.3. The number of aliphatic hydroxyl groups excluding tert-OH is 1. The van der Waals surface area contributed by atoms with Crippen LogP contribution in [-0.2, 0) is 27.5 Å². The van der Waals surface area contributed by atoms with E-state index in [0.717, 1.165) is 0 Å². The Labute approximate surface area is 261 Å². The van der Waals surface area contributed by atoms with Crippen LogP contribution >= 0.6 is 0 Å². The second-order valence-electron chi connectivity index (χ2n) is 15.2. The summed E-state index contributed by atoms with van der Waals surface area (Å²) < 4.78 is 37.7. The van der Waals surface area contributed by atoms with Crippen molar-refractivity contribution in [2.24, 2.45) is 11.8 Å². The lowest BCUT2D eigenvalue weighted by Crippen LogP contribution is -2.58. The van der Waals surface area contributed by atoms with Gasteiger partial charge in [-0.3, -0.25) is 4.79 Å². The smallest absolute Gasteiger partial charge is 0.316 e. The van der Waals surface area contributed by atoms with Crippen molar-refractivity contribution in [1.82, 2.24) is 9.97 Å². The van der Waals surface area contributed by atoms with Gasteiger partial charge >= 0.3 is 6.01 Å². The van der Waals surface area contributed by atoms with Crippen molar-refractivity contribution >= 4 is 30.7 Å². The van der Waals surface area contributed by atoms with Crippen molar-refractivity contribution in [2.75, 3.05) is 13.7 Å². The molecular formula is C30H56N2O8Si3. The van der Waals surface area contributed by atoms with Gasteiger partial charge in [-0.15, -0.1) is 0 Å². The number of aromatic nitrogens is 2. The Morgan fingerprint density at radius 3 is 2.07 bits per heavy atom. The molecule has 9 atom stereocenters. The quantitative estimate of drug-likeness (QED) is 0.184. The average molecular weight is 657 g/mol. The topological polar surface area (TPSA) is 122 Å². The van der Waals surface area contributed by atoms with Crippen LogP contribution in [0, 0.1) is 11.8 Å². The Morgan fingerprint density at radius 2 is 1.53 bits per heavy atom. The molecule has 0 bridgehead atoms. The van der Waals surface area contributed by atoms with E-state index in [2.05, 4.69) is 82.7 Å². The Bertz CT molecular complexity index is 1040. The molecule has 43 heavy (non-hydrogen) atoms. The normalized spacial score (nSPS) is 28.7. The van der Waals surface area contributed by atoms with Gasteiger partial charge in [-0.1, -0.05) is 6.92 Å². The van der Waals surface area contributed by atoms with Crippen molar-refractivity contribution < 1.29 is 37.4 Å². The summed E-state index contributed by atoms with van der Waals surface area (Å²) in [5, 5.41) is 10.7. The molecular weight excluding hydrogens is 601 g/mol. The van der Waals surface area contributed by atoms with Crippen LogP contribution in [0.25, 0.3) is 0 Å². The highest BCUT2D eigenvalue weighted by Gasteiger charge is 2.52. The molecule has 2 aliphatic rings. The molecule has 1 aromatic rings. The van der Waals surface area contributed by atoms with Crippen LogP contribution < -0.4 is 4.74 Å². The Morgan fingerprint density at radius 1 is 0.953 bits per heavy atom. The van der Waals surface area contributed by atoms with Gasteiger partial charge < -0.3 is 32.6 Å². The van der Waals surface area contributed by atoms with Gasteiger partial charge in [-0.2, -0.15) is 0 Å². The molecule has 0 amide bonds. The molecule has 2 aliphatic heterocycles. The lowest BCUT2D eigenvalue weighted by Gasteiger charge is -2.47. The first-order chi connectivity index (χ1) is 19.8. The molecule has 10 nitrogen and oxygen atoms in total. The molecule has 2 fully saturated rings. The molecule has 246 valence electrons. The van der Waals surface area contributed by atoms with Crippen molar-refractivity contribution in [3.05, 3.63) is 18.0 Å². The number of nitrogens with zero attached hydrogens (tertiary/aromatic N) is 2. The van der Waals surface area contributed by atoms with Gasteiger partial charge in [-0.25, -0.2) is 9.97 Å². The second-order valence-corrected chi connectivity index (χ2v) is 28.5. The third-order valence-corrected chi connectivity index (χ3v) is 10.7. The molecule has 1 aromatic heterocycles. The van der Waals surface area contributed by atoms with Gasteiger partial charge in [0.2, 0.25) is 0 Å². The third kappa shape index (κ3) is 11.7. The van der Waals surface area contributed by atoms with E-state index in [1.807, 2.05) is 0 Å². The van der Waals surface area contributed by atoms with Crippen LogP contribution in [0.4, 0.5) is 0 Å². The average Bonchev–Trinajstić information content (AvgIpc) is 3.63. The van der Waals surface area contributed by atoms with Crippen LogP contribution in [0.15, 0.2) is 12.4 Å². The standard InChI is InChI=1S/C30H56N2O8Si3/c1-19(20(2)38-41(4,5)6)27-26(37-27)15-25-29(40-43(10,11)12)28(39-42(7,8)9)21(18-36-25)13-23(33)14-24(34)22-16-31-30(35-3)32-17-22/h16-17,19-21,24-29,34H,13-15,18H2,1-12H3/t19-,20+,21+,24?,25+,26+,27+,28-,29-/m1/s1. The molecule has 0 radical (unpaired) electrons. The number of methoxy groups -OCH3 is 1. The summed E-state index contributed by atoms with van der Waals surface area (Å²) in [6.07, 6.45) is 2.41. The highest BCUT2D eigenvalue weighted by atomic mass is 28.4. The van der Waals surface area contributed by atoms with Crippen LogP contribution in [0.2, 0.25) is 58.9 Å². The van der Waals surface area contributed by atoms with Gasteiger partial charge in [0, 0.05) is 55.2 Å². The van der Waals surface area contributed by atoms with Crippen molar-refractivity contribution in [3.8, 4) is 6.01 Å². The van der Waals surface area contributed by atoms with Crippen LogP contribution in [-0.4, -0.2) is 96.2 Å². The first kappa shape index (κ1) is 36.4. The number of aliphatic hydroxyl groups is 1. The minimum Gasteiger partial charge on any atom is -0.467 e. The number of carbonyl (C=O) groups excluding carboxylic acids is 1. The van der Waals surface area contributed by atoms with Crippen LogP contribution in [0.3, 0.4) is 0 Å². The SMILES string of the molecule is COc1ncc(C(O)CC(=O)C[C@H]2CO[C@@H](C[C@@H]3O[C@H]3[C@H](C)[C@H](C)O[Si](C)(C)C)[C@@H](O[Si](C)(C)C)[C@@H]2O[Si](C)(C)C)cn1. The van der Waals surface area contributed by atoms with Crippen LogP contribution in [0.5, 0.6) is 6.01 Å². The second kappa shape index (κ2) is 14.6. The van der Waals surface area contributed by atoms with E-state index in [-0.39, 0.29) is 73.1 Å². The lowest BCUT2D eigenvalue weighted by molar-refractivity contribution is -0.159. The van der Waals surface area contributed by atoms with E-state index >= 15 is 0 Å². The van der Waals surface area contributed by atoms with E-state index in [1.54, 1.807) is 0 Å². The number of rotatable bonds is 16. The Kier molecular flexibility index (Phi) is 12.4. The van der Waals surface area contributed by atoms with Gasteiger partial charge in [-0.05, 0) is 65.8 Å². The maximum Gasteiger partial charge on any atom is 0.316 e. The van der Waals surface area contributed by atoms with Crippen LogP contribution in [0.1, 0.15) is 44.8 Å². The maximum absolute atomic E-state index is 13.3. The highest BCUT2D eigenvalue weighted by Crippen LogP contribution is 2.40. The first-order valence-corrected chi connectivity index (χ1v) is 25.8. The van der Waals surface area contributed by atoms with Crippen molar-refractivity contribution in [3.63, 3.8) is 0 Å². The summed E-state index contributed by atoms with van der Waals surface area (Å²) in [6, 6.07) is 0.211. The van der Waals surface area contributed by atoms with Gasteiger partial charge in [0.1, 0.15) is 5.78 Å². The predicted octanol–water partition coefficient (Wildman–Crippen LogP) is 5.36. The van der Waals surface area contributed by atoms with Gasteiger partial charge in [0.15, 0.2) is 25.0 Å². The zero-order valence-corrected chi connectivity index (χ0v) is 31.4. The minimum absolute atomic E-state index is 0.0397. The van der Waals surface area contributed by atoms with E-state index in [1.165, 1.54) is 19.5 Å². The fourth-order valence-corrected chi connectivity index (χ4v) is 9.27. The zero-order valence-electron chi connectivity index (χ0n) is 28.4. The molecule has 2 saturated heterocycles. The number of hydrogen-bond acceptors (Lipinski definition) is 10. The number of carbonyl (C=O) groups is 1. The first-order valence-electron chi connectivity index (χ1n) is 15.6. The van der Waals surface area contributed by atoms with E-state index in [9.17, 15) is 9.90 Å². The molecule has 1 N–H and O–H groups in total. The lowest BCUT2D eigenvalue weighted by atomic mass is 9.85. The Balaban J connectivity index is 1.73. The number of ether oxygens (including phenoxy) is 3. The van der Waals surface area contributed by atoms with Crippen molar-refractivity contribution in [1.29, 1.82) is 0 Å². The molecule has 0 saturated carbocycles. The summed E-state index contributed by atoms with van der Waals surface area (Å²) >= 11 is 0. The summed E-state index contributed by atoms with van der Waals surface area (Å²) in [5.74, 6) is 0.0249. The summed E-state index contributed by atoms with van der Waals surface area (Å²) in [7, 11) is -4.22. The fourth-order valence-electron chi connectivity index (χ4n) is 5.70. The van der Waals surface area contributed by atoms with Gasteiger partial charge in [0.25, 0.3) is 0 Å². The molecule has 0 aliphatic carbocycles. The summed E-state index contributed by atoms with van der Waals surface area (Å²) in [4.78, 5) is 21.4. The number of epoxide rings is 1. The third-order valence-electron chi connectivity index (χ3n) is 7.67. The molecule has 13 heteroatoms. The number of ketones is 1.